The van der Waals surface area contributed by atoms with Gasteiger partial charge >= 0.3 is 0 Å². The molecule has 3 nitrogen and oxygen atoms in total. The topological polar surface area (TPSA) is 69.1 Å². The average molecular weight is 240 g/mol. The van der Waals surface area contributed by atoms with Gasteiger partial charge in [0.05, 0.1) is 0 Å². The van der Waals surface area contributed by atoms with Gasteiger partial charge in [-0.2, -0.15) is 0 Å². The second-order valence-corrected chi connectivity index (χ2v) is 4.47. The fourth-order valence-corrected chi connectivity index (χ4v) is 1.73. The maximum absolute atomic E-state index is 12.3. The van der Waals surface area contributed by atoms with Crippen LogP contribution in [0.4, 0.5) is 11.4 Å². The van der Waals surface area contributed by atoms with Crippen molar-refractivity contribution in [2.24, 2.45) is 0 Å². The summed E-state index contributed by atoms with van der Waals surface area (Å²) in [6, 6.07) is 10.7. The normalized spacial score (nSPS) is 10.3. The van der Waals surface area contributed by atoms with E-state index in [9.17, 15) is 4.79 Å². The van der Waals surface area contributed by atoms with Crippen LogP contribution in [-0.2, 0) is 0 Å². The second-order valence-electron chi connectivity index (χ2n) is 4.47. The van der Waals surface area contributed by atoms with Crippen molar-refractivity contribution >= 4 is 17.2 Å². The molecule has 92 valence electrons. The number of benzene rings is 2. The van der Waals surface area contributed by atoms with Gasteiger partial charge in [-0.1, -0.05) is 24.3 Å². The van der Waals surface area contributed by atoms with Crippen molar-refractivity contribution in [2.75, 3.05) is 11.5 Å². The molecular weight excluding hydrogens is 224 g/mol. The van der Waals surface area contributed by atoms with Crippen LogP contribution in [0.1, 0.15) is 27.0 Å². The zero-order valence-electron chi connectivity index (χ0n) is 10.5. The lowest BCUT2D eigenvalue weighted by atomic mass is 9.99. The Morgan fingerprint density at radius 1 is 0.833 bits per heavy atom. The highest BCUT2D eigenvalue weighted by Crippen LogP contribution is 2.19. The molecule has 0 fully saturated rings. The van der Waals surface area contributed by atoms with Crippen LogP contribution in [-0.4, -0.2) is 5.78 Å². The fourth-order valence-electron chi connectivity index (χ4n) is 1.73. The number of carbonyl (C=O) groups excluding carboxylic acids is 1. The number of nitrogens with two attached hydrogens (primary N) is 2. The SMILES string of the molecule is Cc1ccc(C(=O)c2ccc(C)c(N)c2)cc1N. The molecule has 0 aliphatic heterocycles. The van der Waals surface area contributed by atoms with E-state index >= 15 is 0 Å². The van der Waals surface area contributed by atoms with Crippen LogP contribution in [0.3, 0.4) is 0 Å². The van der Waals surface area contributed by atoms with Crippen molar-refractivity contribution < 1.29 is 4.79 Å². The molecule has 0 aromatic heterocycles. The lowest BCUT2D eigenvalue weighted by Gasteiger charge is -2.06. The molecule has 0 spiro atoms. The molecule has 2 aromatic rings. The van der Waals surface area contributed by atoms with Crippen molar-refractivity contribution in [3.8, 4) is 0 Å². The lowest BCUT2D eigenvalue weighted by Crippen LogP contribution is -2.04. The number of anilines is 2. The predicted octanol–water partition coefficient (Wildman–Crippen LogP) is 2.70. The predicted molar refractivity (Wildman–Crippen MR) is 74.6 cm³/mol. The Morgan fingerprint density at radius 2 is 1.22 bits per heavy atom. The molecule has 0 bridgehead atoms. The summed E-state index contributed by atoms with van der Waals surface area (Å²) in [7, 11) is 0. The van der Waals surface area contributed by atoms with Gasteiger partial charge in [0.15, 0.2) is 5.78 Å². The molecule has 3 heteroatoms. The number of aryl methyl sites for hydroxylation is 2. The molecule has 0 amide bonds. The summed E-state index contributed by atoms with van der Waals surface area (Å²) in [6.07, 6.45) is 0. The Balaban J connectivity index is 2.41. The first-order valence-corrected chi connectivity index (χ1v) is 5.76. The van der Waals surface area contributed by atoms with Gasteiger partial charge in [-0.05, 0) is 37.1 Å². The molecule has 2 rings (SSSR count). The van der Waals surface area contributed by atoms with Crippen LogP contribution in [0.15, 0.2) is 36.4 Å². The molecule has 0 aliphatic rings. The Morgan fingerprint density at radius 3 is 1.56 bits per heavy atom. The van der Waals surface area contributed by atoms with E-state index in [-0.39, 0.29) is 5.78 Å². The van der Waals surface area contributed by atoms with Gasteiger partial charge in [-0.15, -0.1) is 0 Å². The summed E-state index contributed by atoms with van der Waals surface area (Å²) < 4.78 is 0. The van der Waals surface area contributed by atoms with E-state index in [1.807, 2.05) is 26.0 Å². The molecule has 0 atom stereocenters. The molecule has 0 radical (unpaired) electrons. The van der Waals surface area contributed by atoms with E-state index in [4.69, 9.17) is 11.5 Å². The Hall–Kier alpha value is -2.29. The molecular formula is C15H16N2O. The third kappa shape index (κ3) is 2.20. The molecule has 0 saturated carbocycles. The molecule has 0 unspecified atom stereocenters. The number of ketones is 1. The van der Waals surface area contributed by atoms with Crippen molar-refractivity contribution in [1.82, 2.24) is 0 Å². The number of hydrogen-bond acceptors (Lipinski definition) is 3. The largest absolute Gasteiger partial charge is 0.398 e. The monoisotopic (exact) mass is 240 g/mol. The smallest absolute Gasteiger partial charge is 0.193 e. The maximum atomic E-state index is 12.3. The summed E-state index contributed by atoms with van der Waals surface area (Å²) in [5.41, 5.74) is 16.0. The van der Waals surface area contributed by atoms with Crippen LogP contribution in [0, 0.1) is 13.8 Å². The fraction of sp³-hybridized carbons (Fsp3) is 0.133. The highest BCUT2D eigenvalue weighted by molar-refractivity contribution is 6.10. The van der Waals surface area contributed by atoms with Gasteiger partial charge < -0.3 is 11.5 Å². The van der Waals surface area contributed by atoms with E-state index in [1.165, 1.54) is 0 Å². The zero-order valence-corrected chi connectivity index (χ0v) is 10.5. The van der Waals surface area contributed by atoms with Gasteiger partial charge in [-0.25, -0.2) is 0 Å². The highest BCUT2D eigenvalue weighted by Gasteiger charge is 2.10. The molecule has 4 N–H and O–H groups in total. The Kier molecular flexibility index (Phi) is 3.06. The first-order valence-electron chi connectivity index (χ1n) is 5.76. The van der Waals surface area contributed by atoms with Gasteiger partial charge in [0, 0.05) is 22.5 Å². The minimum Gasteiger partial charge on any atom is -0.398 e. The van der Waals surface area contributed by atoms with Crippen molar-refractivity contribution in [1.29, 1.82) is 0 Å². The summed E-state index contributed by atoms with van der Waals surface area (Å²) in [6.45, 7) is 3.82. The van der Waals surface area contributed by atoms with Gasteiger partial charge in [0.2, 0.25) is 0 Å². The number of carbonyl (C=O) groups is 1. The molecule has 0 aliphatic carbocycles. The van der Waals surface area contributed by atoms with Crippen LogP contribution in [0.2, 0.25) is 0 Å². The van der Waals surface area contributed by atoms with Crippen molar-refractivity contribution in [2.45, 2.75) is 13.8 Å². The van der Waals surface area contributed by atoms with E-state index in [0.29, 0.717) is 22.5 Å². The molecule has 0 saturated heterocycles. The van der Waals surface area contributed by atoms with E-state index < -0.39 is 0 Å². The van der Waals surface area contributed by atoms with Crippen molar-refractivity contribution in [3.05, 3.63) is 58.7 Å². The van der Waals surface area contributed by atoms with Crippen LogP contribution < -0.4 is 11.5 Å². The van der Waals surface area contributed by atoms with E-state index in [2.05, 4.69) is 0 Å². The number of nitrogen functional groups attached to an aromatic ring is 2. The lowest BCUT2D eigenvalue weighted by molar-refractivity contribution is 0.103. The third-order valence-corrected chi connectivity index (χ3v) is 3.08. The van der Waals surface area contributed by atoms with E-state index in [0.717, 1.165) is 11.1 Å². The number of hydrogen-bond donors (Lipinski definition) is 2. The summed E-state index contributed by atoms with van der Waals surface area (Å²) in [5, 5.41) is 0. The van der Waals surface area contributed by atoms with Gasteiger partial charge in [0.1, 0.15) is 0 Å². The van der Waals surface area contributed by atoms with Crippen LogP contribution >= 0.6 is 0 Å². The second kappa shape index (κ2) is 4.53. The zero-order chi connectivity index (χ0) is 13.3. The quantitative estimate of drug-likeness (QED) is 0.626. The minimum atomic E-state index is -0.0617. The molecule has 0 heterocycles. The van der Waals surface area contributed by atoms with Gasteiger partial charge in [-0.3, -0.25) is 4.79 Å². The standard InChI is InChI=1S/C15H16N2O/c1-9-3-5-11(7-13(9)16)15(18)12-6-4-10(2)14(17)8-12/h3-8H,16-17H2,1-2H3. The first kappa shape index (κ1) is 12.2. The first-order chi connectivity index (χ1) is 8.49. The summed E-state index contributed by atoms with van der Waals surface area (Å²) in [4.78, 5) is 12.3. The molecule has 18 heavy (non-hydrogen) atoms. The highest BCUT2D eigenvalue weighted by atomic mass is 16.1. The van der Waals surface area contributed by atoms with Crippen LogP contribution in [0.5, 0.6) is 0 Å². The molecule has 2 aromatic carbocycles. The van der Waals surface area contributed by atoms with Crippen LogP contribution in [0.25, 0.3) is 0 Å². The minimum absolute atomic E-state index is 0.0617. The maximum Gasteiger partial charge on any atom is 0.193 e. The summed E-state index contributed by atoms with van der Waals surface area (Å²) in [5.74, 6) is -0.0617. The Labute approximate surface area is 106 Å². The van der Waals surface area contributed by atoms with Crippen molar-refractivity contribution in [3.63, 3.8) is 0 Å². The summed E-state index contributed by atoms with van der Waals surface area (Å²) >= 11 is 0. The van der Waals surface area contributed by atoms with Gasteiger partial charge in [0.25, 0.3) is 0 Å². The average Bonchev–Trinajstić information content (AvgIpc) is 2.35. The number of rotatable bonds is 2. The van der Waals surface area contributed by atoms with E-state index in [1.54, 1.807) is 24.3 Å². The third-order valence-electron chi connectivity index (χ3n) is 3.08. The Bertz CT molecular complexity index is 564.